The van der Waals surface area contributed by atoms with Crippen molar-refractivity contribution in [2.24, 2.45) is 23.7 Å². The fourth-order valence-electron chi connectivity index (χ4n) is 4.41. The van der Waals surface area contributed by atoms with Crippen molar-refractivity contribution in [1.29, 1.82) is 0 Å². The van der Waals surface area contributed by atoms with E-state index in [-0.39, 0.29) is 0 Å². The summed E-state index contributed by atoms with van der Waals surface area (Å²) in [5.41, 5.74) is 5.39. The third-order valence-electron chi connectivity index (χ3n) is 7.55. The van der Waals surface area contributed by atoms with Crippen molar-refractivity contribution in [1.82, 2.24) is 4.90 Å². The van der Waals surface area contributed by atoms with Crippen molar-refractivity contribution >= 4 is 5.69 Å². The van der Waals surface area contributed by atoms with Crippen LogP contribution in [0, 0.1) is 49.4 Å². The number of benzene rings is 1. The van der Waals surface area contributed by atoms with Crippen LogP contribution < -0.4 is 5.32 Å². The molecule has 2 fully saturated rings. The smallest absolute Gasteiger partial charge is 0.0398 e. The maximum atomic E-state index is 3.70. The molecular weight excluding hydrogens is 460 g/mol. The summed E-state index contributed by atoms with van der Waals surface area (Å²) in [6.45, 7) is 23.9. The molecule has 3 rings (SSSR count). The molecule has 0 saturated heterocycles. The minimum Gasteiger partial charge on any atom is -0.385 e. The van der Waals surface area contributed by atoms with Gasteiger partial charge in [-0.25, -0.2) is 0 Å². The molecule has 0 amide bonds. The van der Waals surface area contributed by atoms with Crippen LogP contribution in [0.4, 0.5) is 5.69 Å². The molecule has 0 spiro atoms. The first kappa shape index (κ1) is 35.9. The molecule has 216 valence electrons. The van der Waals surface area contributed by atoms with E-state index in [1.165, 1.54) is 80.2 Å². The fraction of sp³-hybridized carbons (Fsp3) is 0.667. The topological polar surface area (TPSA) is 15.3 Å². The maximum absolute atomic E-state index is 3.70. The van der Waals surface area contributed by atoms with Crippen LogP contribution in [-0.4, -0.2) is 18.5 Å². The highest BCUT2D eigenvalue weighted by atomic mass is 15.0. The summed E-state index contributed by atoms with van der Waals surface area (Å²) >= 11 is 0. The van der Waals surface area contributed by atoms with Crippen LogP contribution in [0.3, 0.4) is 0 Å². The molecule has 0 radical (unpaired) electrons. The van der Waals surface area contributed by atoms with E-state index in [4.69, 9.17) is 0 Å². The monoisotopic (exact) mass is 522 g/mol. The first-order valence-corrected chi connectivity index (χ1v) is 15.6. The van der Waals surface area contributed by atoms with Crippen LogP contribution >= 0.6 is 0 Å². The van der Waals surface area contributed by atoms with E-state index in [9.17, 15) is 0 Å². The van der Waals surface area contributed by atoms with E-state index >= 15 is 0 Å². The molecule has 1 aromatic rings. The van der Waals surface area contributed by atoms with Crippen molar-refractivity contribution in [2.75, 3.05) is 18.9 Å². The van der Waals surface area contributed by atoms with E-state index < -0.39 is 0 Å². The van der Waals surface area contributed by atoms with Gasteiger partial charge in [0, 0.05) is 37.3 Å². The summed E-state index contributed by atoms with van der Waals surface area (Å²) in [5.74, 6) is 9.65. The number of allylic oxidation sites excluding steroid dienone is 1. The molecule has 0 bridgehead atoms. The Morgan fingerprint density at radius 3 is 2.26 bits per heavy atom. The summed E-state index contributed by atoms with van der Waals surface area (Å²) in [5, 5.41) is 3.60. The van der Waals surface area contributed by atoms with Crippen molar-refractivity contribution in [3.8, 4) is 11.8 Å². The van der Waals surface area contributed by atoms with Gasteiger partial charge in [0.1, 0.15) is 0 Å². The number of anilines is 1. The van der Waals surface area contributed by atoms with Crippen LogP contribution in [0.1, 0.15) is 117 Å². The average molecular weight is 523 g/mol. The second kappa shape index (κ2) is 21.8. The Bertz CT molecular complexity index is 829. The highest BCUT2D eigenvalue weighted by molar-refractivity contribution is 5.53. The lowest BCUT2D eigenvalue weighted by molar-refractivity contribution is 0.273. The fourth-order valence-corrected chi connectivity index (χ4v) is 4.41. The summed E-state index contributed by atoms with van der Waals surface area (Å²) in [6.07, 6.45) is 16.5. The first-order valence-electron chi connectivity index (χ1n) is 15.6. The second-order valence-corrected chi connectivity index (χ2v) is 10.8. The van der Waals surface area contributed by atoms with Crippen molar-refractivity contribution in [2.45, 2.75) is 120 Å². The second-order valence-electron chi connectivity index (χ2n) is 10.8. The quantitative estimate of drug-likeness (QED) is 0.256. The van der Waals surface area contributed by atoms with Gasteiger partial charge in [-0.05, 0) is 87.8 Å². The summed E-state index contributed by atoms with van der Waals surface area (Å²) in [6, 6.07) is 6.53. The predicted molar refractivity (Wildman–Crippen MR) is 173 cm³/mol. The standard InChI is InChI=1S/C19H31N.C13H19N.2C2H6/c1-15-10-12-18(13-11-15)8-4-5-14-20-19-9-6-7-16(2)17(19)3;1-5-14(4)10-12(3)11(2)6-7-13-8-9-13;2*1-2/h6-7,9,15,18,20H,4-5,8,10-14H2,1-3H3;5,10-11,13H,1,8-9H2,2-4H3;2*1-2H3/b;12-10+;;. The normalized spacial score (nSPS) is 18.9. The van der Waals surface area contributed by atoms with Gasteiger partial charge in [-0.3, -0.25) is 0 Å². The molecule has 1 N–H and O–H groups in total. The van der Waals surface area contributed by atoms with Gasteiger partial charge in [-0.1, -0.05) is 104 Å². The Labute approximate surface area is 238 Å². The Morgan fingerprint density at radius 2 is 1.68 bits per heavy atom. The summed E-state index contributed by atoms with van der Waals surface area (Å²) < 4.78 is 0. The van der Waals surface area contributed by atoms with Crippen molar-refractivity contribution < 1.29 is 0 Å². The molecule has 38 heavy (non-hydrogen) atoms. The molecule has 2 saturated carbocycles. The molecule has 0 heterocycles. The molecule has 0 aliphatic heterocycles. The predicted octanol–water partition coefficient (Wildman–Crippen LogP) is 10.8. The van der Waals surface area contributed by atoms with Crippen LogP contribution in [-0.2, 0) is 0 Å². The van der Waals surface area contributed by atoms with Crippen molar-refractivity contribution in [3.63, 3.8) is 0 Å². The van der Waals surface area contributed by atoms with Crippen LogP contribution in [0.15, 0.2) is 42.8 Å². The number of nitrogens with zero attached hydrogens (tertiary/aromatic N) is 1. The zero-order valence-corrected chi connectivity index (χ0v) is 26.9. The van der Waals surface area contributed by atoms with Gasteiger partial charge in [0.25, 0.3) is 0 Å². The summed E-state index contributed by atoms with van der Waals surface area (Å²) in [4.78, 5) is 1.96. The van der Waals surface area contributed by atoms with Gasteiger partial charge in [-0.15, -0.1) is 0 Å². The lowest BCUT2D eigenvalue weighted by Crippen LogP contribution is -2.12. The van der Waals surface area contributed by atoms with E-state index in [2.05, 4.69) is 82.8 Å². The van der Waals surface area contributed by atoms with Gasteiger partial charge in [0.2, 0.25) is 0 Å². The minimum absolute atomic E-state index is 0.359. The highest BCUT2D eigenvalue weighted by Crippen LogP contribution is 2.31. The molecular formula is C36H62N2. The molecule has 0 aromatic heterocycles. The lowest BCUT2D eigenvalue weighted by Gasteiger charge is -2.26. The maximum Gasteiger partial charge on any atom is 0.0398 e. The Morgan fingerprint density at radius 1 is 1.05 bits per heavy atom. The van der Waals surface area contributed by atoms with E-state index in [0.29, 0.717) is 11.8 Å². The van der Waals surface area contributed by atoms with Gasteiger partial charge < -0.3 is 10.2 Å². The Balaban J connectivity index is 0.000000668. The molecule has 2 aliphatic carbocycles. The molecule has 2 aliphatic rings. The largest absolute Gasteiger partial charge is 0.385 e. The summed E-state index contributed by atoms with van der Waals surface area (Å²) in [7, 11) is 1.98. The molecule has 2 nitrogen and oxygen atoms in total. The zero-order valence-electron chi connectivity index (χ0n) is 26.9. The number of rotatable bonds is 9. The molecule has 1 unspecified atom stereocenters. The highest BCUT2D eigenvalue weighted by Gasteiger charge is 2.18. The van der Waals surface area contributed by atoms with Crippen LogP contribution in [0.25, 0.3) is 0 Å². The van der Waals surface area contributed by atoms with E-state index in [1.807, 2.05) is 39.6 Å². The van der Waals surface area contributed by atoms with Crippen LogP contribution in [0.2, 0.25) is 0 Å². The molecule has 1 atom stereocenters. The Kier molecular flexibility index (Phi) is 20.5. The lowest BCUT2D eigenvalue weighted by atomic mass is 9.81. The number of unbranched alkanes of at least 4 members (excludes halogenated alkanes) is 1. The minimum atomic E-state index is 0.359. The van der Waals surface area contributed by atoms with Crippen molar-refractivity contribution in [3.05, 3.63) is 53.9 Å². The SMILES string of the molecule is C=CN(C)/C=C(\C)C(C)C#CC1CC1.CC.CC.Cc1cccc(NCCCCC2CCC(C)CC2)c1C. The number of hydrogen-bond acceptors (Lipinski definition) is 2. The molecule has 2 heteroatoms. The van der Waals surface area contributed by atoms with Gasteiger partial charge in [0.05, 0.1) is 0 Å². The number of nitrogens with one attached hydrogen (secondary N) is 1. The third kappa shape index (κ3) is 16.0. The van der Waals surface area contributed by atoms with Crippen LogP contribution in [0.5, 0.6) is 0 Å². The van der Waals surface area contributed by atoms with E-state index in [1.54, 1.807) is 6.20 Å². The Hall–Kier alpha value is -2.14. The number of hydrogen-bond donors (Lipinski definition) is 1. The van der Waals surface area contributed by atoms with E-state index in [0.717, 1.165) is 18.4 Å². The first-order chi connectivity index (χ1) is 18.3. The third-order valence-corrected chi connectivity index (χ3v) is 7.55. The average Bonchev–Trinajstić information content (AvgIpc) is 3.77. The number of aryl methyl sites for hydroxylation is 1. The molecule has 1 aromatic carbocycles. The van der Waals surface area contributed by atoms with Gasteiger partial charge >= 0.3 is 0 Å². The zero-order chi connectivity index (χ0) is 28.9. The van der Waals surface area contributed by atoms with Gasteiger partial charge in [-0.2, -0.15) is 0 Å². The van der Waals surface area contributed by atoms with Gasteiger partial charge in [0.15, 0.2) is 0 Å².